The van der Waals surface area contributed by atoms with Gasteiger partial charge in [-0.25, -0.2) is 0 Å². The summed E-state index contributed by atoms with van der Waals surface area (Å²) in [5, 5.41) is 9.31. The molecule has 0 bridgehead atoms. The highest BCUT2D eigenvalue weighted by molar-refractivity contribution is 6.22. The third-order valence-electron chi connectivity index (χ3n) is 2.73. The first kappa shape index (κ1) is 9.03. The van der Waals surface area contributed by atoms with Gasteiger partial charge in [0, 0.05) is 18.8 Å². The van der Waals surface area contributed by atoms with E-state index in [4.69, 9.17) is 16.3 Å². The van der Waals surface area contributed by atoms with Crippen LogP contribution < -0.4 is 0 Å². The van der Waals surface area contributed by atoms with Gasteiger partial charge in [0.05, 0.1) is 11.5 Å². The number of hydrogen-bond acceptors (Lipinski definition) is 3. The molecule has 0 heterocycles. The molecule has 0 amide bonds. The number of allylic oxidation sites excluding steroid dienone is 1. The van der Waals surface area contributed by atoms with Gasteiger partial charge in [-0.3, -0.25) is 4.79 Å². The Morgan fingerprint density at radius 3 is 2.85 bits per heavy atom. The predicted molar refractivity (Wildman–Crippen MR) is 47.3 cm³/mol. The molecule has 3 nitrogen and oxygen atoms in total. The normalized spacial score (nSPS) is 46.8. The van der Waals surface area contributed by atoms with Gasteiger partial charge in [0.2, 0.25) is 0 Å². The van der Waals surface area contributed by atoms with Crippen LogP contribution in [0.5, 0.6) is 0 Å². The monoisotopic (exact) mass is 202 g/mol. The van der Waals surface area contributed by atoms with E-state index in [2.05, 4.69) is 0 Å². The molecule has 2 aliphatic rings. The fourth-order valence-corrected chi connectivity index (χ4v) is 2.55. The van der Waals surface area contributed by atoms with Gasteiger partial charge in [0.25, 0.3) is 0 Å². The molecule has 2 rings (SSSR count). The van der Waals surface area contributed by atoms with E-state index in [1.54, 1.807) is 6.08 Å². The first-order valence-corrected chi connectivity index (χ1v) is 4.72. The van der Waals surface area contributed by atoms with E-state index >= 15 is 0 Å². The van der Waals surface area contributed by atoms with E-state index in [0.717, 1.165) is 0 Å². The van der Waals surface area contributed by atoms with Gasteiger partial charge in [-0.15, -0.1) is 11.6 Å². The zero-order chi connectivity index (χ0) is 9.59. The van der Waals surface area contributed by atoms with Crippen LogP contribution in [-0.2, 0) is 9.53 Å². The summed E-state index contributed by atoms with van der Waals surface area (Å²) >= 11 is 5.99. The molecule has 5 atom stereocenters. The van der Waals surface area contributed by atoms with Crippen molar-refractivity contribution in [3.8, 4) is 0 Å². The SMILES string of the molecule is CC(=O)OC1C(Cl)C2C=CC(O)C21. The van der Waals surface area contributed by atoms with E-state index in [1.165, 1.54) is 6.92 Å². The van der Waals surface area contributed by atoms with Crippen LogP contribution in [0.3, 0.4) is 0 Å². The van der Waals surface area contributed by atoms with Crippen LogP contribution in [0, 0.1) is 11.8 Å². The van der Waals surface area contributed by atoms with Gasteiger partial charge in [-0.2, -0.15) is 0 Å². The Hall–Kier alpha value is -0.540. The molecule has 1 fully saturated rings. The summed E-state index contributed by atoms with van der Waals surface area (Å²) in [5.41, 5.74) is 0. The molecule has 5 unspecified atom stereocenters. The van der Waals surface area contributed by atoms with Crippen molar-refractivity contribution in [3.05, 3.63) is 12.2 Å². The van der Waals surface area contributed by atoms with Crippen molar-refractivity contribution in [3.63, 3.8) is 0 Å². The highest BCUT2D eigenvalue weighted by atomic mass is 35.5. The zero-order valence-corrected chi connectivity index (χ0v) is 7.94. The largest absolute Gasteiger partial charge is 0.461 e. The third-order valence-corrected chi connectivity index (χ3v) is 3.27. The van der Waals surface area contributed by atoms with Crippen molar-refractivity contribution in [2.45, 2.75) is 24.5 Å². The lowest BCUT2D eigenvalue weighted by atomic mass is 9.71. The molecule has 1 N–H and O–H groups in total. The minimum absolute atomic E-state index is 0.0219. The van der Waals surface area contributed by atoms with Crippen LogP contribution in [-0.4, -0.2) is 28.7 Å². The van der Waals surface area contributed by atoms with E-state index in [-0.39, 0.29) is 29.3 Å². The summed E-state index contributed by atoms with van der Waals surface area (Å²) in [6.07, 6.45) is 2.78. The number of rotatable bonds is 1. The van der Waals surface area contributed by atoms with Crippen LogP contribution in [0.25, 0.3) is 0 Å². The summed E-state index contributed by atoms with van der Waals surface area (Å²) in [7, 11) is 0. The van der Waals surface area contributed by atoms with Gasteiger partial charge < -0.3 is 9.84 Å². The van der Waals surface area contributed by atoms with E-state index < -0.39 is 6.10 Å². The van der Waals surface area contributed by atoms with Gasteiger partial charge in [-0.1, -0.05) is 12.2 Å². The zero-order valence-electron chi connectivity index (χ0n) is 7.18. The number of carbonyl (C=O) groups excluding carboxylic acids is 1. The second-order valence-corrected chi connectivity index (χ2v) is 4.05. The lowest BCUT2D eigenvalue weighted by Crippen LogP contribution is -2.55. The topological polar surface area (TPSA) is 46.5 Å². The molecule has 72 valence electrons. The Balaban J connectivity index is 2.04. The number of carbonyl (C=O) groups is 1. The maximum atomic E-state index is 10.7. The second-order valence-electron chi connectivity index (χ2n) is 3.55. The Morgan fingerprint density at radius 1 is 1.54 bits per heavy atom. The summed E-state index contributed by atoms with van der Waals surface area (Å²) in [4.78, 5) is 10.7. The number of hydrogen-bond donors (Lipinski definition) is 1. The Kier molecular flexibility index (Phi) is 2.08. The van der Waals surface area contributed by atoms with Crippen LogP contribution in [0.2, 0.25) is 0 Å². The number of aliphatic hydroxyl groups excluding tert-OH is 1. The maximum absolute atomic E-state index is 10.7. The molecule has 0 saturated heterocycles. The number of esters is 1. The standard InChI is InChI=1S/C9H11ClO3/c1-4(11)13-9-7-5(8(9)10)2-3-6(7)12/h2-3,5-9,12H,1H3. The molecule has 0 aromatic rings. The van der Waals surface area contributed by atoms with Gasteiger partial charge in [-0.05, 0) is 0 Å². The molecular formula is C9H11ClO3. The average Bonchev–Trinajstić information content (AvgIpc) is 2.39. The summed E-state index contributed by atoms with van der Waals surface area (Å²) in [5.74, 6) is -0.194. The quantitative estimate of drug-likeness (QED) is 0.387. The molecule has 13 heavy (non-hydrogen) atoms. The summed E-state index contributed by atoms with van der Waals surface area (Å²) < 4.78 is 5.01. The number of aliphatic hydroxyl groups is 1. The number of ether oxygens (including phenoxy) is 1. The van der Waals surface area contributed by atoms with Crippen LogP contribution in [0.4, 0.5) is 0 Å². The maximum Gasteiger partial charge on any atom is 0.302 e. The molecule has 0 aromatic carbocycles. The molecule has 0 aromatic heterocycles. The smallest absolute Gasteiger partial charge is 0.302 e. The highest BCUT2D eigenvalue weighted by Gasteiger charge is 2.55. The second kappa shape index (κ2) is 3.00. The fourth-order valence-electron chi connectivity index (χ4n) is 2.08. The first-order chi connectivity index (χ1) is 6.11. The molecule has 1 saturated carbocycles. The van der Waals surface area contributed by atoms with E-state index in [9.17, 15) is 9.90 Å². The lowest BCUT2D eigenvalue weighted by Gasteiger charge is -2.45. The minimum atomic E-state index is -0.510. The number of alkyl halides is 1. The van der Waals surface area contributed by atoms with Gasteiger partial charge >= 0.3 is 5.97 Å². The van der Waals surface area contributed by atoms with Crippen molar-refractivity contribution in [1.29, 1.82) is 0 Å². The van der Waals surface area contributed by atoms with Crippen molar-refractivity contribution < 1.29 is 14.6 Å². The molecule has 0 spiro atoms. The van der Waals surface area contributed by atoms with Crippen molar-refractivity contribution in [1.82, 2.24) is 0 Å². The molecular weight excluding hydrogens is 192 g/mol. The van der Waals surface area contributed by atoms with E-state index in [1.807, 2.05) is 6.08 Å². The summed E-state index contributed by atoms with van der Waals surface area (Å²) in [6.45, 7) is 1.35. The Morgan fingerprint density at radius 2 is 2.23 bits per heavy atom. The minimum Gasteiger partial charge on any atom is -0.461 e. The summed E-state index contributed by atoms with van der Waals surface area (Å²) in [6, 6.07) is 0. The van der Waals surface area contributed by atoms with Crippen LogP contribution in [0.1, 0.15) is 6.92 Å². The van der Waals surface area contributed by atoms with Gasteiger partial charge in [0.1, 0.15) is 6.10 Å². The lowest BCUT2D eigenvalue weighted by molar-refractivity contribution is -0.161. The van der Waals surface area contributed by atoms with Crippen LogP contribution >= 0.6 is 11.6 Å². The number of fused-ring (bicyclic) bond motifs is 1. The first-order valence-electron chi connectivity index (χ1n) is 4.29. The number of halogens is 1. The fraction of sp³-hybridized carbons (Fsp3) is 0.667. The average molecular weight is 203 g/mol. The molecule has 2 aliphatic carbocycles. The van der Waals surface area contributed by atoms with Crippen molar-refractivity contribution in [2.75, 3.05) is 0 Å². The molecule has 0 aliphatic heterocycles. The highest BCUT2D eigenvalue weighted by Crippen LogP contribution is 2.47. The van der Waals surface area contributed by atoms with Crippen molar-refractivity contribution in [2.24, 2.45) is 11.8 Å². The predicted octanol–water partition coefficient (Wildman–Crippen LogP) is 0.702. The van der Waals surface area contributed by atoms with Gasteiger partial charge in [0.15, 0.2) is 0 Å². The van der Waals surface area contributed by atoms with Crippen molar-refractivity contribution >= 4 is 17.6 Å². The third kappa shape index (κ3) is 1.27. The Labute approximate surface area is 81.3 Å². The van der Waals surface area contributed by atoms with E-state index in [0.29, 0.717) is 0 Å². The Bertz CT molecular complexity index is 264. The van der Waals surface area contributed by atoms with Crippen LogP contribution in [0.15, 0.2) is 12.2 Å². The molecule has 4 heteroatoms. The molecule has 0 radical (unpaired) electrons.